The average molecular weight is 361 g/mol. The van der Waals surface area contributed by atoms with Crippen molar-refractivity contribution in [1.29, 1.82) is 0 Å². The van der Waals surface area contributed by atoms with Gasteiger partial charge in [-0.2, -0.15) is 0 Å². The number of carbonyl (C=O) groups is 2. The van der Waals surface area contributed by atoms with E-state index in [0.29, 0.717) is 18.0 Å². The standard InChI is InChI=1S/C19H21ClN2O3/c1-13(23)22-18(15-5-7-16(20)8-6-15)12-19(25)21-10-9-14-3-2-4-17(24)11-14/h2-8,11,18,24H,9-10,12H2,1H3,(H,21,25)(H,22,23). The van der Waals surface area contributed by atoms with E-state index >= 15 is 0 Å². The Hall–Kier alpha value is -2.53. The van der Waals surface area contributed by atoms with Crippen LogP contribution in [0.1, 0.15) is 30.5 Å². The summed E-state index contributed by atoms with van der Waals surface area (Å²) in [6.45, 7) is 1.87. The first-order chi connectivity index (χ1) is 11.9. The van der Waals surface area contributed by atoms with Crippen LogP contribution in [0, 0.1) is 0 Å². The van der Waals surface area contributed by atoms with Gasteiger partial charge in [-0.1, -0.05) is 35.9 Å². The fraction of sp³-hybridized carbons (Fsp3) is 0.263. The molecule has 0 aliphatic carbocycles. The van der Waals surface area contributed by atoms with Gasteiger partial charge < -0.3 is 15.7 Å². The molecule has 0 radical (unpaired) electrons. The lowest BCUT2D eigenvalue weighted by molar-refractivity contribution is -0.122. The quantitative estimate of drug-likeness (QED) is 0.710. The molecule has 0 fully saturated rings. The molecule has 2 amide bonds. The molecule has 1 atom stereocenters. The topological polar surface area (TPSA) is 78.4 Å². The van der Waals surface area contributed by atoms with Crippen molar-refractivity contribution < 1.29 is 14.7 Å². The summed E-state index contributed by atoms with van der Waals surface area (Å²) < 4.78 is 0. The first-order valence-electron chi connectivity index (χ1n) is 8.01. The number of rotatable bonds is 7. The van der Waals surface area contributed by atoms with Crippen LogP contribution < -0.4 is 10.6 Å². The van der Waals surface area contributed by atoms with Crippen molar-refractivity contribution in [3.8, 4) is 5.75 Å². The summed E-state index contributed by atoms with van der Waals surface area (Å²) in [4.78, 5) is 23.6. The van der Waals surface area contributed by atoms with Crippen molar-refractivity contribution in [2.24, 2.45) is 0 Å². The van der Waals surface area contributed by atoms with Crippen LogP contribution in [0.5, 0.6) is 5.75 Å². The largest absolute Gasteiger partial charge is 0.508 e. The van der Waals surface area contributed by atoms with Gasteiger partial charge in [0.25, 0.3) is 0 Å². The van der Waals surface area contributed by atoms with E-state index in [-0.39, 0.29) is 24.0 Å². The molecule has 3 N–H and O–H groups in total. The van der Waals surface area contributed by atoms with E-state index in [0.717, 1.165) is 11.1 Å². The Morgan fingerprint density at radius 3 is 2.52 bits per heavy atom. The number of phenolic OH excluding ortho intramolecular Hbond substituents is 1. The molecule has 2 rings (SSSR count). The molecule has 1 unspecified atom stereocenters. The van der Waals surface area contributed by atoms with Crippen molar-refractivity contribution >= 4 is 23.4 Å². The summed E-state index contributed by atoms with van der Waals surface area (Å²) in [5.41, 5.74) is 1.76. The number of hydrogen-bond acceptors (Lipinski definition) is 3. The van der Waals surface area contributed by atoms with Crippen LogP contribution in [0.15, 0.2) is 48.5 Å². The second kappa shape index (κ2) is 9.08. The number of hydrogen-bond donors (Lipinski definition) is 3. The van der Waals surface area contributed by atoms with Gasteiger partial charge in [0.05, 0.1) is 12.5 Å². The first-order valence-corrected chi connectivity index (χ1v) is 8.39. The van der Waals surface area contributed by atoms with Gasteiger partial charge in [-0.25, -0.2) is 0 Å². The lowest BCUT2D eigenvalue weighted by atomic mass is 10.0. The number of benzene rings is 2. The summed E-state index contributed by atoms with van der Waals surface area (Å²) >= 11 is 5.88. The van der Waals surface area contributed by atoms with E-state index in [2.05, 4.69) is 10.6 Å². The maximum absolute atomic E-state index is 12.2. The lowest BCUT2D eigenvalue weighted by Crippen LogP contribution is -2.33. The van der Waals surface area contributed by atoms with Gasteiger partial charge in [0.2, 0.25) is 11.8 Å². The Morgan fingerprint density at radius 2 is 1.88 bits per heavy atom. The van der Waals surface area contributed by atoms with Crippen LogP contribution in [0.25, 0.3) is 0 Å². The van der Waals surface area contributed by atoms with Crippen LogP contribution >= 0.6 is 11.6 Å². The van der Waals surface area contributed by atoms with Gasteiger partial charge >= 0.3 is 0 Å². The molecule has 25 heavy (non-hydrogen) atoms. The summed E-state index contributed by atoms with van der Waals surface area (Å²) in [5.74, 6) is -0.154. The molecule has 2 aromatic rings. The smallest absolute Gasteiger partial charge is 0.222 e. The third-order valence-corrected chi connectivity index (χ3v) is 3.94. The summed E-state index contributed by atoms with van der Waals surface area (Å²) in [5, 5.41) is 15.7. The molecule has 0 aromatic heterocycles. The molecule has 0 saturated heterocycles. The van der Waals surface area contributed by atoms with E-state index < -0.39 is 6.04 Å². The minimum Gasteiger partial charge on any atom is -0.508 e. The van der Waals surface area contributed by atoms with E-state index in [9.17, 15) is 14.7 Å². The zero-order valence-corrected chi connectivity index (χ0v) is 14.7. The second-order valence-corrected chi connectivity index (χ2v) is 6.22. The van der Waals surface area contributed by atoms with E-state index in [1.807, 2.05) is 6.07 Å². The van der Waals surface area contributed by atoms with Crippen molar-refractivity contribution in [1.82, 2.24) is 10.6 Å². The molecule has 6 heteroatoms. The summed E-state index contributed by atoms with van der Waals surface area (Å²) in [7, 11) is 0. The highest BCUT2D eigenvalue weighted by molar-refractivity contribution is 6.30. The van der Waals surface area contributed by atoms with Gasteiger partial charge in [0, 0.05) is 18.5 Å². The van der Waals surface area contributed by atoms with Crippen molar-refractivity contribution in [3.05, 3.63) is 64.7 Å². The molecular formula is C19H21ClN2O3. The Bertz CT molecular complexity index is 732. The fourth-order valence-corrected chi connectivity index (χ4v) is 2.63. The Labute approximate surface area is 152 Å². The average Bonchev–Trinajstić information content (AvgIpc) is 2.54. The fourth-order valence-electron chi connectivity index (χ4n) is 2.51. The SMILES string of the molecule is CC(=O)NC(CC(=O)NCCc1cccc(O)c1)c1ccc(Cl)cc1. The maximum atomic E-state index is 12.2. The van der Waals surface area contributed by atoms with Crippen LogP contribution in [-0.2, 0) is 16.0 Å². The monoisotopic (exact) mass is 360 g/mol. The van der Waals surface area contributed by atoms with Crippen molar-refractivity contribution in [2.75, 3.05) is 6.54 Å². The minimum atomic E-state index is -0.407. The molecule has 0 bridgehead atoms. The third-order valence-electron chi connectivity index (χ3n) is 3.69. The number of phenols is 1. The Balaban J connectivity index is 1.90. The Kier molecular flexibility index (Phi) is 6.83. The zero-order valence-electron chi connectivity index (χ0n) is 14.0. The highest BCUT2D eigenvalue weighted by Gasteiger charge is 2.17. The van der Waals surface area contributed by atoms with Crippen LogP contribution in [0.2, 0.25) is 5.02 Å². The number of carbonyl (C=O) groups excluding carboxylic acids is 2. The van der Waals surface area contributed by atoms with Gasteiger partial charge in [-0.05, 0) is 41.8 Å². The van der Waals surface area contributed by atoms with Crippen LogP contribution in [0.3, 0.4) is 0 Å². The molecule has 2 aromatic carbocycles. The predicted molar refractivity (Wildman–Crippen MR) is 97.4 cm³/mol. The van der Waals surface area contributed by atoms with Gasteiger partial charge in [0.1, 0.15) is 5.75 Å². The molecule has 0 saturated carbocycles. The normalized spacial score (nSPS) is 11.6. The summed E-state index contributed by atoms with van der Waals surface area (Å²) in [6.07, 6.45) is 0.757. The van der Waals surface area contributed by atoms with Gasteiger partial charge in [-0.15, -0.1) is 0 Å². The maximum Gasteiger partial charge on any atom is 0.222 e. The van der Waals surface area contributed by atoms with Crippen LogP contribution in [0.4, 0.5) is 0 Å². The molecule has 0 spiro atoms. The number of nitrogens with one attached hydrogen (secondary N) is 2. The van der Waals surface area contributed by atoms with Crippen LogP contribution in [-0.4, -0.2) is 23.5 Å². The predicted octanol–water partition coefficient (Wildman–Crippen LogP) is 2.97. The highest BCUT2D eigenvalue weighted by atomic mass is 35.5. The van der Waals surface area contributed by atoms with Gasteiger partial charge in [0.15, 0.2) is 0 Å². The number of amides is 2. The minimum absolute atomic E-state index is 0.140. The van der Waals surface area contributed by atoms with E-state index in [1.165, 1.54) is 6.92 Å². The first kappa shape index (κ1) is 18.8. The van der Waals surface area contributed by atoms with E-state index in [4.69, 9.17) is 11.6 Å². The van der Waals surface area contributed by atoms with E-state index in [1.54, 1.807) is 42.5 Å². The summed E-state index contributed by atoms with van der Waals surface area (Å²) in [6, 6.07) is 13.6. The van der Waals surface area contributed by atoms with Gasteiger partial charge in [-0.3, -0.25) is 9.59 Å². The Morgan fingerprint density at radius 1 is 1.16 bits per heavy atom. The zero-order chi connectivity index (χ0) is 18.2. The number of halogens is 1. The second-order valence-electron chi connectivity index (χ2n) is 5.78. The molecule has 0 aliphatic heterocycles. The third kappa shape index (κ3) is 6.47. The molecular weight excluding hydrogens is 340 g/mol. The molecule has 132 valence electrons. The molecule has 0 aliphatic rings. The number of aromatic hydroxyl groups is 1. The van der Waals surface area contributed by atoms with Crippen molar-refractivity contribution in [3.63, 3.8) is 0 Å². The molecule has 5 nitrogen and oxygen atoms in total. The molecule has 0 heterocycles. The highest BCUT2D eigenvalue weighted by Crippen LogP contribution is 2.19. The van der Waals surface area contributed by atoms with Crippen molar-refractivity contribution in [2.45, 2.75) is 25.8 Å². The lowest BCUT2D eigenvalue weighted by Gasteiger charge is -2.18.